The number of Topliss-reactive ketones (excluding diaryl/α,β-unsaturated/α-hetero) is 1. The fourth-order valence-electron chi connectivity index (χ4n) is 6.52. The van der Waals surface area contributed by atoms with Gasteiger partial charge in [-0.2, -0.15) is 0 Å². The molecule has 2 unspecified atom stereocenters. The maximum atomic E-state index is 13.4. The van der Waals surface area contributed by atoms with Crippen LogP contribution in [-0.2, 0) is 16.6 Å². The normalized spacial score (nSPS) is 25.9. The molecule has 0 N–H and O–H groups in total. The number of fused-ring (bicyclic) bond motifs is 4. The van der Waals surface area contributed by atoms with E-state index in [2.05, 4.69) is 68.4 Å². The topological polar surface area (TPSA) is 35.5 Å². The molecule has 2 aromatic rings. The second kappa shape index (κ2) is 6.96. The largest absolute Gasteiger partial charge is 0.586 e. The Hall–Kier alpha value is -2.69. The summed E-state index contributed by atoms with van der Waals surface area (Å²) in [7, 11) is 0. The number of aryl methyl sites for hydroxylation is 1. The van der Waals surface area contributed by atoms with Crippen LogP contribution in [0.3, 0.4) is 0 Å². The van der Waals surface area contributed by atoms with Gasteiger partial charge in [0.2, 0.25) is 0 Å². The zero-order valence-electron chi connectivity index (χ0n) is 21.0. The molecule has 1 aliphatic heterocycles. The number of ketones is 1. The molecule has 0 bridgehead atoms. The smallest absolute Gasteiger partial charge is 0.395 e. The molecule has 184 valence electrons. The number of carbonyl (C=O) groups is 1. The number of alkyl halides is 2. The van der Waals surface area contributed by atoms with E-state index in [1.807, 2.05) is 0 Å². The van der Waals surface area contributed by atoms with Gasteiger partial charge in [0.05, 0.1) is 5.41 Å². The zero-order valence-corrected chi connectivity index (χ0v) is 21.0. The lowest BCUT2D eigenvalue weighted by Gasteiger charge is -2.27. The third-order valence-corrected chi connectivity index (χ3v) is 8.70. The van der Waals surface area contributed by atoms with E-state index >= 15 is 0 Å². The SMILES string of the molecule is CC(C)(C)C1=Cc2cc(CCC(=O)C3(c4ccc5c(c4)OC(F)(F)O5)CC3)ccc2C2C1C2(C)C. The Morgan fingerprint density at radius 1 is 1.00 bits per heavy atom. The average Bonchev–Trinajstić information content (AvgIpc) is 3.65. The molecule has 2 saturated carbocycles. The highest BCUT2D eigenvalue weighted by molar-refractivity contribution is 5.93. The molecule has 6 rings (SSSR count). The summed E-state index contributed by atoms with van der Waals surface area (Å²) in [6.45, 7) is 11.6. The van der Waals surface area contributed by atoms with Crippen LogP contribution in [0, 0.1) is 16.7 Å². The van der Waals surface area contributed by atoms with Gasteiger partial charge in [0.15, 0.2) is 11.5 Å². The highest BCUT2D eigenvalue weighted by atomic mass is 19.3. The number of hydrogen-bond acceptors (Lipinski definition) is 3. The van der Waals surface area contributed by atoms with E-state index in [1.54, 1.807) is 12.1 Å². The Bertz CT molecular complexity index is 1280. The molecule has 3 nitrogen and oxygen atoms in total. The van der Waals surface area contributed by atoms with Crippen molar-refractivity contribution < 1.29 is 23.0 Å². The average molecular weight is 479 g/mol. The summed E-state index contributed by atoms with van der Waals surface area (Å²) in [5.74, 6) is 1.36. The lowest BCUT2D eigenvalue weighted by Crippen LogP contribution is -2.26. The number of allylic oxidation sites excluding steroid dienone is 1. The number of hydrogen-bond donors (Lipinski definition) is 0. The Morgan fingerprint density at radius 3 is 2.40 bits per heavy atom. The van der Waals surface area contributed by atoms with Gasteiger partial charge in [-0.3, -0.25) is 4.79 Å². The van der Waals surface area contributed by atoms with Crippen LogP contribution in [0.1, 0.15) is 82.1 Å². The first kappa shape index (κ1) is 22.8. The van der Waals surface area contributed by atoms with Gasteiger partial charge < -0.3 is 9.47 Å². The molecule has 35 heavy (non-hydrogen) atoms. The third kappa shape index (κ3) is 3.53. The molecular weight excluding hydrogens is 446 g/mol. The van der Waals surface area contributed by atoms with Crippen LogP contribution in [-0.4, -0.2) is 12.1 Å². The molecule has 2 fully saturated rings. The molecule has 0 spiro atoms. The van der Waals surface area contributed by atoms with E-state index in [9.17, 15) is 13.6 Å². The van der Waals surface area contributed by atoms with Crippen LogP contribution in [0.5, 0.6) is 11.5 Å². The lowest BCUT2D eigenvalue weighted by atomic mass is 9.77. The Balaban J connectivity index is 1.20. The van der Waals surface area contributed by atoms with Gasteiger partial charge in [-0.25, -0.2) is 0 Å². The fourth-order valence-corrected chi connectivity index (χ4v) is 6.52. The van der Waals surface area contributed by atoms with Gasteiger partial charge in [-0.15, -0.1) is 8.78 Å². The second-order valence-electron chi connectivity index (χ2n) is 12.4. The summed E-state index contributed by atoms with van der Waals surface area (Å²) in [6.07, 6.45) is 1.32. The van der Waals surface area contributed by atoms with Crippen molar-refractivity contribution in [2.24, 2.45) is 16.7 Å². The van der Waals surface area contributed by atoms with Crippen molar-refractivity contribution in [3.05, 3.63) is 64.2 Å². The van der Waals surface area contributed by atoms with Crippen LogP contribution < -0.4 is 9.47 Å². The predicted octanol–water partition coefficient (Wildman–Crippen LogP) is 7.42. The van der Waals surface area contributed by atoms with Crippen molar-refractivity contribution in [2.75, 3.05) is 0 Å². The summed E-state index contributed by atoms with van der Waals surface area (Å²) < 4.78 is 35.9. The highest BCUT2D eigenvalue weighted by Crippen LogP contribution is 2.72. The highest BCUT2D eigenvalue weighted by Gasteiger charge is 2.62. The Morgan fingerprint density at radius 2 is 1.71 bits per heavy atom. The molecule has 0 aromatic heterocycles. The molecule has 3 aliphatic carbocycles. The van der Waals surface area contributed by atoms with Crippen LogP contribution in [0.2, 0.25) is 0 Å². The first-order chi connectivity index (χ1) is 16.3. The second-order valence-corrected chi connectivity index (χ2v) is 12.4. The van der Waals surface area contributed by atoms with E-state index in [4.69, 9.17) is 0 Å². The van der Waals surface area contributed by atoms with E-state index in [-0.39, 0.29) is 28.1 Å². The van der Waals surface area contributed by atoms with Crippen molar-refractivity contribution in [3.63, 3.8) is 0 Å². The van der Waals surface area contributed by atoms with Crippen molar-refractivity contribution in [1.82, 2.24) is 0 Å². The van der Waals surface area contributed by atoms with Gasteiger partial charge in [0, 0.05) is 6.42 Å². The summed E-state index contributed by atoms with van der Waals surface area (Å²) in [4.78, 5) is 13.3. The first-order valence-corrected chi connectivity index (χ1v) is 12.6. The van der Waals surface area contributed by atoms with Crippen molar-refractivity contribution in [1.29, 1.82) is 0 Å². The van der Waals surface area contributed by atoms with Crippen LogP contribution in [0.4, 0.5) is 8.78 Å². The summed E-state index contributed by atoms with van der Waals surface area (Å²) in [5.41, 5.74) is 5.99. The summed E-state index contributed by atoms with van der Waals surface area (Å²) in [5, 5.41) is 0. The van der Waals surface area contributed by atoms with E-state index < -0.39 is 11.7 Å². The van der Waals surface area contributed by atoms with Gasteiger partial charge in [0.1, 0.15) is 5.78 Å². The number of carbonyl (C=O) groups excluding carboxylic acids is 1. The van der Waals surface area contributed by atoms with E-state index in [0.29, 0.717) is 24.7 Å². The predicted molar refractivity (Wildman–Crippen MR) is 131 cm³/mol. The van der Waals surface area contributed by atoms with E-state index in [1.165, 1.54) is 28.3 Å². The quantitative estimate of drug-likeness (QED) is 0.448. The molecule has 2 aromatic carbocycles. The summed E-state index contributed by atoms with van der Waals surface area (Å²) in [6, 6.07) is 11.5. The Kier molecular flexibility index (Phi) is 4.52. The van der Waals surface area contributed by atoms with Gasteiger partial charge in [-0.1, -0.05) is 70.5 Å². The number of halogens is 2. The fraction of sp³-hybridized carbons (Fsp3) is 0.500. The molecule has 0 saturated heterocycles. The van der Waals surface area contributed by atoms with Gasteiger partial charge in [0.25, 0.3) is 0 Å². The molecular formula is C30H32F2O3. The van der Waals surface area contributed by atoms with Crippen molar-refractivity contribution in [2.45, 2.75) is 77.9 Å². The molecule has 0 radical (unpaired) electrons. The lowest BCUT2D eigenvalue weighted by molar-refractivity contribution is -0.286. The van der Waals surface area contributed by atoms with Crippen LogP contribution in [0.15, 0.2) is 42.0 Å². The zero-order chi connectivity index (χ0) is 25.0. The molecule has 5 heteroatoms. The molecule has 1 heterocycles. The monoisotopic (exact) mass is 478 g/mol. The minimum absolute atomic E-state index is 0.00371. The van der Waals surface area contributed by atoms with Crippen molar-refractivity contribution >= 4 is 11.9 Å². The molecule has 4 aliphatic rings. The maximum Gasteiger partial charge on any atom is 0.586 e. The first-order valence-electron chi connectivity index (χ1n) is 12.6. The number of rotatable bonds is 5. The van der Waals surface area contributed by atoms with E-state index in [0.717, 1.165) is 18.4 Å². The summed E-state index contributed by atoms with van der Waals surface area (Å²) >= 11 is 0. The molecule has 0 amide bonds. The van der Waals surface area contributed by atoms with Gasteiger partial charge in [-0.05, 0) is 76.3 Å². The minimum atomic E-state index is -3.65. The minimum Gasteiger partial charge on any atom is -0.395 e. The maximum absolute atomic E-state index is 13.4. The van der Waals surface area contributed by atoms with Crippen LogP contribution >= 0.6 is 0 Å². The number of ether oxygens (including phenoxy) is 2. The van der Waals surface area contributed by atoms with Gasteiger partial charge >= 0.3 is 6.29 Å². The Labute approximate surface area is 205 Å². The molecule has 2 atom stereocenters. The standard InChI is InChI=1S/C30H32F2O3/c1-27(2,3)21-15-18-14-17(6-9-20(18)25-26(21)28(25,4)5)7-11-24(33)29(12-13-29)19-8-10-22-23(16-19)35-30(31,32)34-22/h6,8-10,14-16,25-26H,7,11-13H2,1-5H3. The van der Waals surface area contributed by atoms with Crippen molar-refractivity contribution in [3.8, 4) is 11.5 Å². The third-order valence-electron chi connectivity index (χ3n) is 8.70. The number of benzene rings is 2. The van der Waals surface area contributed by atoms with Crippen LogP contribution in [0.25, 0.3) is 6.08 Å².